The van der Waals surface area contributed by atoms with Crippen LogP contribution in [0.3, 0.4) is 0 Å². The monoisotopic (exact) mass is 189 g/mol. The molecule has 1 N–H and O–H groups in total. The van der Waals surface area contributed by atoms with Gasteiger partial charge in [0.1, 0.15) is 5.82 Å². The van der Waals surface area contributed by atoms with Crippen molar-refractivity contribution in [2.75, 3.05) is 11.9 Å². The molecule has 0 aliphatic heterocycles. The second kappa shape index (κ2) is 5.98. The fourth-order valence-electron chi connectivity index (χ4n) is 1.12. The van der Waals surface area contributed by atoms with Crippen LogP contribution in [0.4, 0.5) is 5.82 Å². The first kappa shape index (κ1) is 10.5. The molecule has 0 unspecified atom stereocenters. The molecule has 74 valence electrons. The molecule has 1 heterocycles. The van der Waals surface area contributed by atoms with Crippen molar-refractivity contribution in [3.05, 3.63) is 17.8 Å². The minimum absolute atomic E-state index is 0.839. The molecule has 0 amide bonds. The zero-order valence-electron chi connectivity index (χ0n) is 8.45. The second-order valence-corrected chi connectivity index (χ2v) is 3.21. The van der Waals surface area contributed by atoms with Gasteiger partial charge in [0.25, 0.3) is 0 Å². The lowest BCUT2D eigenvalue weighted by Gasteiger charge is -2.03. The Morgan fingerprint density at radius 2 is 2.36 bits per heavy atom. The zero-order chi connectivity index (χ0) is 10.2. The average molecular weight is 189 g/mol. The van der Waals surface area contributed by atoms with Gasteiger partial charge in [-0.05, 0) is 31.4 Å². The molecule has 0 radical (unpaired) electrons. The largest absolute Gasteiger partial charge is 0.369 e. The summed E-state index contributed by atoms with van der Waals surface area (Å²) in [5.74, 6) is 3.46. The van der Waals surface area contributed by atoms with Crippen LogP contribution in [-0.2, 0) is 0 Å². The van der Waals surface area contributed by atoms with E-state index in [4.69, 9.17) is 6.42 Å². The molecule has 0 aliphatic rings. The fourth-order valence-corrected chi connectivity index (χ4v) is 1.12. The standard InChI is InChI=1S/C11H15N3/c1-3-4-5-6-7-12-11-8-10(2)9-13-14-11/h1,8-9H,4-7H2,2H3,(H,12,14). The van der Waals surface area contributed by atoms with Gasteiger partial charge in [0.15, 0.2) is 0 Å². The smallest absolute Gasteiger partial charge is 0.148 e. The van der Waals surface area contributed by atoms with Crippen molar-refractivity contribution in [3.8, 4) is 12.3 Å². The Bertz CT molecular complexity index is 315. The van der Waals surface area contributed by atoms with E-state index in [2.05, 4.69) is 21.4 Å². The van der Waals surface area contributed by atoms with E-state index in [9.17, 15) is 0 Å². The van der Waals surface area contributed by atoms with E-state index < -0.39 is 0 Å². The van der Waals surface area contributed by atoms with Crippen molar-refractivity contribution in [1.82, 2.24) is 10.2 Å². The van der Waals surface area contributed by atoms with Crippen molar-refractivity contribution >= 4 is 5.82 Å². The molecule has 0 bridgehead atoms. The van der Waals surface area contributed by atoms with Gasteiger partial charge >= 0.3 is 0 Å². The lowest BCUT2D eigenvalue weighted by atomic mass is 10.2. The van der Waals surface area contributed by atoms with Crippen molar-refractivity contribution in [2.24, 2.45) is 0 Å². The molecule has 0 fully saturated rings. The van der Waals surface area contributed by atoms with Crippen LogP contribution in [0.2, 0.25) is 0 Å². The molecule has 1 aromatic heterocycles. The number of aryl methyl sites for hydroxylation is 1. The van der Waals surface area contributed by atoms with Gasteiger partial charge in [-0.25, -0.2) is 0 Å². The predicted molar refractivity (Wildman–Crippen MR) is 57.9 cm³/mol. The normalized spacial score (nSPS) is 9.43. The molecule has 0 aliphatic carbocycles. The number of hydrogen-bond acceptors (Lipinski definition) is 3. The van der Waals surface area contributed by atoms with Gasteiger partial charge in [0.2, 0.25) is 0 Å². The second-order valence-electron chi connectivity index (χ2n) is 3.21. The maximum atomic E-state index is 5.15. The molecule has 14 heavy (non-hydrogen) atoms. The molecule has 1 rings (SSSR count). The molecular weight excluding hydrogens is 174 g/mol. The first-order valence-corrected chi connectivity index (χ1v) is 4.79. The Balaban J connectivity index is 2.22. The van der Waals surface area contributed by atoms with Gasteiger partial charge < -0.3 is 5.32 Å². The molecular formula is C11H15N3. The summed E-state index contributed by atoms with van der Waals surface area (Å²) >= 11 is 0. The van der Waals surface area contributed by atoms with E-state index in [-0.39, 0.29) is 0 Å². The number of rotatable bonds is 5. The van der Waals surface area contributed by atoms with Crippen LogP contribution in [-0.4, -0.2) is 16.7 Å². The Labute approximate surface area is 84.9 Å². The first-order valence-electron chi connectivity index (χ1n) is 4.79. The van der Waals surface area contributed by atoms with Crippen LogP contribution in [0, 0.1) is 19.3 Å². The number of nitrogens with zero attached hydrogens (tertiary/aromatic N) is 2. The van der Waals surface area contributed by atoms with E-state index in [0.717, 1.165) is 37.2 Å². The summed E-state index contributed by atoms with van der Waals surface area (Å²) in [4.78, 5) is 0. The summed E-state index contributed by atoms with van der Waals surface area (Å²) in [6, 6.07) is 1.98. The quantitative estimate of drug-likeness (QED) is 0.568. The highest BCUT2D eigenvalue weighted by molar-refractivity contribution is 5.34. The topological polar surface area (TPSA) is 37.8 Å². The van der Waals surface area contributed by atoms with Gasteiger partial charge in [-0.3, -0.25) is 0 Å². The summed E-state index contributed by atoms with van der Waals surface area (Å²) in [7, 11) is 0. The van der Waals surface area contributed by atoms with Crippen LogP contribution in [0.15, 0.2) is 12.3 Å². The Kier molecular flexibility index (Phi) is 4.49. The predicted octanol–water partition coefficient (Wildman–Crippen LogP) is 2.00. The third kappa shape index (κ3) is 3.90. The van der Waals surface area contributed by atoms with Crippen molar-refractivity contribution < 1.29 is 0 Å². The van der Waals surface area contributed by atoms with Gasteiger partial charge in [0, 0.05) is 13.0 Å². The Hall–Kier alpha value is -1.56. The summed E-state index contributed by atoms with van der Waals surface area (Å²) in [6.45, 7) is 2.90. The molecule has 0 atom stereocenters. The van der Waals surface area contributed by atoms with E-state index in [1.165, 1.54) is 0 Å². The lowest BCUT2D eigenvalue weighted by Crippen LogP contribution is -2.04. The van der Waals surface area contributed by atoms with E-state index in [1.807, 2.05) is 13.0 Å². The number of aromatic nitrogens is 2. The fraction of sp³-hybridized carbons (Fsp3) is 0.455. The van der Waals surface area contributed by atoms with E-state index in [0.29, 0.717) is 0 Å². The minimum atomic E-state index is 0.839. The van der Waals surface area contributed by atoms with Gasteiger partial charge in [-0.1, -0.05) is 0 Å². The molecule has 0 aromatic carbocycles. The molecule has 0 saturated heterocycles. The Morgan fingerprint density at radius 3 is 3.07 bits per heavy atom. The zero-order valence-corrected chi connectivity index (χ0v) is 8.45. The highest BCUT2D eigenvalue weighted by Gasteiger charge is 1.93. The van der Waals surface area contributed by atoms with Crippen LogP contribution in [0.1, 0.15) is 24.8 Å². The van der Waals surface area contributed by atoms with Crippen LogP contribution in [0.5, 0.6) is 0 Å². The maximum Gasteiger partial charge on any atom is 0.148 e. The van der Waals surface area contributed by atoms with Crippen molar-refractivity contribution in [1.29, 1.82) is 0 Å². The van der Waals surface area contributed by atoms with Gasteiger partial charge in [-0.15, -0.1) is 17.4 Å². The third-order valence-corrected chi connectivity index (χ3v) is 1.85. The Morgan fingerprint density at radius 1 is 1.50 bits per heavy atom. The lowest BCUT2D eigenvalue weighted by molar-refractivity contribution is 0.785. The van der Waals surface area contributed by atoms with Gasteiger partial charge in [0.05, 0.1) is 6.20 Å². The molecule has 3 heteroatoms. The molecule has 0 saturated carbocycles. The van der Waals surface area contributed by atoms with E-state index in [1.54, 1.807) is 6.20 Å². The van der Waals surface area contributed by atoms with Crippen LogP contribution < -0.4 is 5.32 Å². The maximum absolute atomic E-state index is 5.15. The minimum Gasteiger partial charge on any atom is -0.369 e. The van der Waals surface area contributed by atoms with E-state index >= 15 is 0 Å². The number of hydrogen-bond donors (Lipinski definition) is 1. The highest BCUT2D eigenvalue weighted by atomic mass is 15.2. The van der Waals surface area contributed by atoms with Gasteiger partial charge in [-0.2, -0.15) is 5.10 Å². The summed E-state index contributed by atoms with van der Waals surface area (Å²) < 4.78 is 0. The average Bonchev–Trinajstić information content (AvgIpc) is 2.18. The number of anilines is 1. The summed E-state index contributed by atoms with van der Waals surface area (Å²) in [6.07, 6.45) is 9.86. The first-order chi connectivity index (χ1) is 6.83. The van der Waals surface area contributed by atoms with Crippen LogP contribution in [0.25, 0.3) is 0 Å². The van der Waals surface area contributed by atoms with Crippen molar-refractivity contribution in [2.45, 2.75) is 26.2 Å². The molecule has 0 spiro atoms. The molecule has 1 aromatic rings. The van der Waals surface area contributed by atoms with Crippen LogP contribution >= 0.6 is 0 Å². The third-order valence-electron chi connectivity index (χ3n) is 1.85. The number of nitrogens with one attached hydrogen (secondary N) is 1. The summed E-state index contributed by atoms with van der Waals surface area (Å²) in [5, 5.41) is 11.0. The molecule has 3 nitrogen and oxygen atoms in total. The summed E-state index contributed by atoms with van der Waals surface area (Å²) in [5.41, 5.74) is 1.12. The SMILES string of the molecule is C#CCCCCNc1cc(C)cnn1. The highest BCUT2D eigenvalue weighted by Crippen LogP contribution is 2.03. The number of terminal acetylenes is 1. The van der Waals surface area contributed by atoms with Crippen molar-refractivity contribution in [3.63, 3.8) is 0 Å². The number of unbranched alkanes of at least 4 members (excludes halogenated alkanes) is 2.